The first kappa shape index (κ1) is 12.1. The molecule has 0 aliphatic carbocycles. The third-order valence-corrected chi connectivity index (χ3v) is 2.55. The van der Waals surface area contributed by atoms with Crippen molar-refractivity contribution in [2.24, 2.45) is 0 Å². The number of carbonyl (C=O) groups is 1. The molecule has 2 rings (SSSR count). The summed E-state index contributed by atoms with van der Waals surface area (Å²) in [7, 11) is 0. The van der Waals surface area contributed by atoms with Gasteiger partial charge in [-0.1, -0.05) is 16.8 Å². The molecule has 0 saturated carbocycles. The number of carbonyl (C=O) groups excluding carboxylic acids is 1. The lowest BCUT2D eigenvalue weighted by Crippen LogP contribution is -2.13. The van der Waals surface area contributed by atoms with E-state index in [1.165, 1.54) is 0 Å². The minimum absolute atomic E-state index is 0.0287. The molecule has 0 atom stereocenters. The molecule has 0 spiro atoms. The molecule has 5 nitrogen and oxygen atoms in total. The van der Waals surface area contributed by atoms with E-state index < -0.39 is 5.91 Å². The van der Waals surface area contributed by atoms with Crippen LogP contribution < -0.4 is 5.32 Å². The average molecular weight is 262 g/mol. The van der Waals surface area contributed by atoms with Gasteiger partial charge in [0.1, 0.15) is 17.4 Å². The van der Waals surface area contributed by atoms with Crippen LogP contribution in [0.15, 0.2) is 28.8 Å². The fourth-order valence-corrected chi connectivity index (χ4v) is 1.57. The van der Waals surface area contributed by atoms with Gasteiger partial charge in [0.15, 0.2) is 5.69 Å². The normalized spacial score (nSPS) is 9.83. The highest BCUT2D eigenvalue weighted by atomic mass is 35.5. The zero-order valence-corrected chi connectivity index (χ0v) is 10.2. The van der Waals surface area contributed by atoms with Crippen molar-refractivity contribution in [3.05, 3.63) is 46.3 Å². The van der Waals surface area contributed by atoms with Crippen LogP contribution in [0.2, 0.25) is 5.02 Å². The Morgan fingerprint density at radius 1 is 1.44 bits per heavy atom. The van der Waals surface area contributed by atoms with E-state index in [9.17, 15) is 4.79 Å². The Morgan fingerprint density at radius 3 is 2.72 bits per heavy atom. The fraction of sp³-hybridized carbons (Fsp3) is 0.0833. The molecule has 6 heteroatoms. The van der Waals surface area contributed by atoms with E-state index in [1.54, 1.807) is 37.3 Å². The highest BCUT2D eigenvalue weighted by Crippen LogP contribution is 2.17. The number of benzene rings is 1. The lowest BCUT2D eigenvalue weighted by Gasteiger charge is -2.03. The lowest BCUT2D eigenvalue weighted by molar-refractivity contribution is 0.102. The molecule has 0 aliphatic rings. The molecule has 2 aromatic rings. The Kier molecular flexibility index (Phi) is 3.31. The molecule has 90 valence electrons. The Labute approximate surface area is 108 Å². The maximum Gasteiger partial charge on any atom is 0.262 e. The molecule has 0 aliphatic heterocycles. The van der Waals surface area contributed by atoms with E-state index in [1.807, 2.05) is 0 Å². The Balaban J connectivity index is 2.25. The standard InChI is InChI=1S/C12H8ClN3O2/c1-7-11(10(6-14)16-18-7)12(17)15-9-4-2-8(13)3-5-9/h2-5H,1H3,(H,15,17). The first-order valence-electron chi connectivity index (χ1n) is 5.05. The second-order valence-corrected chi connectivity index (χ2v) is 3.97. The summed E-state index contributed by atoms with van der Waals surface area (Å²) < 4.78 is 4.81. The van der Waals surface area contributed by atoms with Crippen LogP contribution in [0.25, 0.3) is 0 Å². The van der Waals surface area contributed by atoms with Gasteiger partial charge in [-0.25, -0.2) is 0 Å². The molecule has 1 heterocycles. The van der Waals surface area contributed by atoms with Gasteiger partial charge >= 0.3 is 0 Å². The third kappa shape index (κ3) is 2.34. The number of aryl methyl sites for hydroxylation is 1. The first-order valence-corrected chi connectivity index (χ1v) is 5.43. The summed E-state index contributed by atoms with van der Waals surface area (Å²) in [6.07, 6.45) is 0. The van der Waals surface area contributed by atoms with Crippen LogP contribution in [0, 0.1) is 18.3 Å². The van der Waals surface area contributed by atoms with Gasteiger partial charge in [-0.2, -0.15) is 5.26 Å². The van der Waals surface area contributed by atoms with Gasteiger partial charge in [-0.05, 0) is 31.2 Å². The maximum absolute atomic E-state index is 12.0. The number of anilines is 1. The predicted octanol–water partition coefficient (Wildman–Crippen LogP) is 2.76. The number of halogens is 1. The quantitative estimate of drug-likeness (QED) is 0.901. The van der Waals surface area contributed by atoms with Gasteiger partial charge in [0, 0.05) is 10.7 Å². The van der Waals surface area contributed by atoms with Crippen LogP contribution in [-0.2, 0) is 0 Å². The highest BCUT2D eigenvalue weighted by Gasteiger charge is 2.20. The zero-order chi connectivity index (χ0) is 13.1. The summed E-state index contributed by atoms with van der Waals surface area (Å²) in [6, 6.07) is 8.44. The largest absolute Gasteiger partial charge is 0.359 e. The third-order valence-electron chi connectivity index (χ3n) is 2.30. The minimum Gasteiger partial charge on any atom is -0.359 e. The van der Waals surface area contributed by atoms with Crippen molar-refractivity contribution in [3.8, 4) is 6.07 Å². The smallest absolute Gasteiger partial charge is 0.262 e. The number of aromatic nitrogens is 1. The summed E-state index contributed by atoms with van der Waals surface area (Å²) in [5.74, 6) is -0.134. The fourth-order valence-electron chi connectivity index (χ4n) is 1.44. The van der Waals surface area contributed by atoms with E-state index in [2.05, 4.69) is 10.5 Å². The SMILES string of the molecule is Cc1onc(C#N)c1C(=O)Nc1ccc(Cl)cc1. The molecule has 18 heavy (non-hydrogen) atoms. The molecule has 1 aromatic carbocycles. The Hall–Kier alpha value is -2.32. The predicted molar refractivity (Wildman–Crippen MR) is 65.4 cm³/mol. The molecule has 1 amide bonds. The topological polar surface area (TPSA) is 78.9 Å². The van der Waals surface area contributed by atoms with Crippen molar-refractivity contribution in [1.82, 2.24) is 5.16 Å². The van der Waals surface area contributed by atoms with Crippen LogP contribution in [0.3, 0.4) is 0 Å². The molecular formula is C12H8ClN3O2. The summed E-state index contributed by atoms with van der Waals surface area (Å²) in [5, 5.41) is 15.5. The second kappa shape index (κ2) is 4.90. The number of nitrogens with zero attached hydrogens (tertiary/aromatic N) is 2. The van der Waals surface area contributed by atoms with Crippen molar-refractivity contribution in [2.75, 3.05) is 5.32 Å². The Morgan fingerprint density at radius 2 is 2.11 bits per heavy atom. The summed E-state index contributed by atoms with van der Waals surface area (Å²) in [5.41, 5.74) is 0.695. The summed E-state index contributed by atoms with van der Waals surface area (Å²) in [6.45, 7) is 1.57. The minimum atomic E-state index is -0.437. The molecular weight excluding hydrogens is 254 g/mol. The van der Waals surface area contributed by atoms with E-state index in [-0.39, 0.29) is 11.3 Å². The molecule has 0 unspecified atom stereocenters. The first-order chi connectivity index (χ1) is 8.61. The molecule has 0 saturated heterocycles. The van der Waals surface area contributed by atoms with E-state index in [0.717, 1.165) is 0 Å². The van der Waals surface area contributed by atoms with Crippen molar-refractivity contribution >= 4 is 23.2 Å². The zero-order valence-electron chi connectivity index (χ0n) is 9.40. The van der Waals surface area contributed by atoms with Crippen LogP contribution in [-0.4, -0.2) is 11.1 Å². The van der Waals surface area contributed by atoms with E-state index >= 15 is 0 Å². The summed E-state index contributed by atoms with van der Waals surface area (Å²) >= 11 is 5.74. The van der Waals surface area contributed by atoms with Crippen molar-refractivity contribution in [3.63, 3.8) is 0 Å². The van der Waals surface area contributed by atoms with Gasteiger partial charge in [0.25, 0.3) is 5.91 Å². The number of nitriles is 1. The van der Waals surface area contributed by atoms with Crippen LogP contribution in [0.5, 0.6) is 0 Å². The van der Waals surface area contributed by atoms with Crippen LogP contribution in [0.4, 0.5) is 5.69 Å². The van der Waals surface area contributed by atoms with Gasteiger partial charge in [0.05, 0.1) is 0 Å². The number of nitrogens with one attached hydrogen (secondary N) is 1. The van der Waals surface area contributed by atoms with E-state index in [4.69, 9.17) is 21.4 Å². The molecule has 1 N–H and O–H groups in total. The van der Waals surface area contributed by atoms with Crippen molar-refractivity contribution in [2.45, 2.75) is 6.92 Å². The van der Waals surface area contributed by atoms with Gasteiger partial charge in [-0.15, -0.1) is 0 Å². The number of hydrogen-bond donors (Lipinski definition) is 1. The van der Waals surface area contributed by atoms with Gasteiger partial charge < -0.3 is 9.84 Å². The highest BCUT2D eigenvalue weighted by molar-refractivity contribution is 6.30. The number of amides is 1. The summed E-state index contributed by atoms with van der Waals surface area (Å²) in [4.78, 5) is 12.0. The van der Waals surface area contributed by atoms with Crippen LogP contribution in [0.1, 0.15) is 21.8 Å². The Bertz CT molecular complexity index is 626. The molecule has 0 radical (unpaired) electrons. The van der Waals surface area contributed by atoms with Gasteiger partial charge in [0.2, 0.25) is 0 Å². The number of hydrogen-bond acceptors (Lipinski definition) is 4. The van der Waals surface area contributed by atoms with Crippen molar-refractivity contribution in [1.29, 1.82) is 5.26 Å². The molecule has 0 fully saturated rings. The van der Waals surface area contributed by atoms with Gasteiger partial charge in [-0.3, -0.25) is 4.79 Å². The van der Waals surface area contributed by atoms with Crippen molar-refractivity contribution < 1.29 is 9.32 Å². The molecule has 0 bridgehead atoms. The monoisotopic (exact) mass is 261 g/mol. The molecule has 1 aromatic heterocycles. The lowest BCUT2D eigenvalue weighted by atomic mass is 10.2. The van der Waals surface area contributed by atoms with E-state index in [0.29, 0.717) is 16.5 Å². The average Bonchev–Trinajstić information content (AvgIpc) is 2.73. The number of rotatable bonds is 2. The second-order valence-electron chi connectivity index (χ2n) is 3.54. The van der Waals surface area contributed by atoms with Crippen LogP contribution >= 0.6 is 11.6 Å². The maximum atomic E-state index is 12.0.